The molecule has 5 heteroatoms. The lowest BCUT2D eigenvalue weighted by Crippen LogP contribution is -2.48. The number of benzene rings is 3. The van der Waals surface area contributed by atoms with Gasteiger partial charge in [0.15, 0.2) is 0 Å². The maximum absolute atomic E-state index is 13.4. The van der Waals surface area contributed by atoms with Crippen molar-refractivity contribution in [1.29, 1.82) is 0 Å². The first-order valence-electron chi connectivity index (χ1n) is 10.4. The first-order valence-corrected chi connectivity index (χ1v) is 10.4. The van der Waals surface area contributed by atoms with Gasteiger partial charge in [-0.3, -0.25) is 9.59 Å². The van der Waals surface area contributed by atoms with Crippen LogP contribution in [0.15, 0.2) is 84.9 Å². The van der Waals surface area contributed by atoms with Crippen LogP contribution in [0.5, 0.6) is 5.75 Å². The van der Waals surface area contributed by atoms with E-state index in [2.05, 4.69) is 10.6 Å². The number of methoxy groups -OCH3 is 1. The molecule has 5 nitrogen and oxygen atoms in total. The minimum absolute atomic E-state index is 0.106. The fourth-order valence-corrected chi connectivity index (χ4v) is 3.52. The molecule has 0 aromatic heterocycles. The highest BCUT2D eigenvalue weighted by Gasteiger charge is 2.30. The number of anilines is 1. The molecule has 0 radical (unpaired) electrons. The van der Waals surface area contributed by atoms with Gasteiger partial charge in [-0.25, -0.2) is 0 Å². The van der Waals surface area contributed by atoms with E-state index in [0.29, 0.717) is 11.4 Å². The molecule has 0 bridgehead atoms. The monoisotopic (exact) mass is 416 g/mol. The number of carbonyl (C=O) groups excluding carboxylic acids is 2. The summed E-state index contributed by atoms with van der Waals surface area (Å²) < 4.78 is 5.32. The smallest absolute Gasteiger partial charge is 0.247 e. The number of hydrogen-bond donors (Lipinski definition) is 2. The Balaban J connectivity index is 1.85. The van der Waals surface area contributed by atoms with Gasteiger partial charge < -0.3 is 15.4 Å². The van der Waals surface area contributed by atoms with Crippen LogP contribution in [0.25, 0.3) is 0 Å². The van der Waals surface area contributed by atoms with Gasteiger partial charge >= 0.3 is 0 Å². The van der Waals surface area contributed by atoms with Crippen molar-refractivity contribution in [2.45, 2.75) is 25.8 Å². The summed E-state index contributed by atoms with van der Waals surface area (Å²) in [6, 6.07) is 25.7. The van der Waals surface area contributed by atoms with Crippen LogP contribution in [0.1, 0.15) is 30.9 Å². The van der Waals surface area contributed by atoms with E-state index in [4.69, 9.17) is 4.74 Å². The molecule has 3 aromatic rings. The highest BCUT2D eigenvalue weighted by atomic mass is 16.5. The van der Waals surface area contributed by atoms with Crippen LogP contribution in [0, 0.1) is 5.92 Å². The molecule has 3 aromatic carbocycles. The fraction of sp³-hybridized carbons (Fsp3) is 0.231. The summed E-state index contributed by atoms with van der Waals surface area (Å²) in [6.07, 6.45) is 0. The van der Waals surface area contributed by atoms with Crippen molar-refractivity contribution in [3.63, 3.8) is 0 Å². The zero-order valence-corrected chi connectivity index (χ0v) is 18.0. The molecule has 0 aliphatic heterocycles. The third kappa shape index (κ3) is 5.51. The summed E-state index contributed by atoms with van der Waals surface area (Å²) >= 11 is 0. The normalized spacial score (nSPS) is 11.8. The first-order chi connectivity index (χ1) is 15.0. The van der Waals surface area contributed by atoms with Gasteiger partial charge in [-0.05, 0) is 29.2 Å². The Hall–Kier alpha value is -3.60. The lowest BCUT2D eigenvalue weighted by molar-refractivity contribution is -0.127. The van der Waals surface area contributed by atoms with Gasteiger partial charge in [-0.1, -0.05) is 86.6 Å². The summed E-state index contributed by atoms with van der Waals surface area (Å²) in [4.78, 5) is 26.5. The largest absolute Gasteiger partial charge is 0.495 e. The summed E-state index contributed by atoms with van der Waals surface area (Å²) in [6.45, 7) is 3.82. The van der Waals surface area contributed by atoms with E-state index in [0.717, 1.165) is 11.1 Å². The van der Waals surface area contributed by atoms with E-state index in [9.17, 15) is 9.59 Å². The van der Waals surface area contributed by atoms with Crippen LogP contribution in [0.3, 0.4) is 0 Å². The van der Waals surface area contributed by atoms with Crippen LogP contribution in [0.2, 0.25) is 0 Å². The molecule has 2 amide bonds. The standard InChI is InChI=1S/C26H28N2O3/c1-18(2)24(26(30)27-21-16-10-11-17-22(21)31-3)28-25(29)23(19-12-6-4-7-13-19)20-14-8-5-9-15-20/h4-18,23-24H,1-3H3,(H,27,30)(H,28,29)/t24-/m0/s1. The molecule has 0 saturated carbocycles. The number of carbonyl (C=O) groups is 2. The molecule has 0 aliphatic rings. The van der Waals surface area contributed by atoms with E-state index in [1.807, 2.05) is 86.6 Å². The third-order valence-electron chi connectivity index (χ3n) is 5.14. The average molecular weight is 417 g/mol. The van der Waals surface area contributed by atoms with Crippen molar-refractivity contribution < 1.29 is 14.3 Å². The number of hydrogen-bond acceptors (Lipinski definition) is 3. The van der Waals surface area contributed by atoms with Crippen molar-refractivity contribution in [3.8, 4) is 5.75 Å². The molecule has 0 saturated heterocycles. The van der Waals surface area contributed by atoms with Crippen LogP contribution in [-0.2, 0) is 9.59 Å². The summed E-state index contributed by atoms with van der Waals surface area (Å²) in [5.41, 5.74) is 2.32. The summed E-state index contributed by atoms with van der Waals surface area (Å²) in [5.74, 6) is -0.552. The second-order valence-electron chi connectivity index (χ2n) is 7.67. The Bertz CT molecular complexity index is 964. The minimum Gasteiger partial charge on any atom is -0.495 e. The molecule has 0 fully saturated rings. The van der Waals surface area contributed by atoms with E-state index in [-0.39, 0.29) is 17.7 Å². The predicted octanol–water partition coefficient (Wildman–Crippen LogP) is 4.61. The zero-order chi connectivity index (χ0) is 22.2. The van der Waals surface area contributed by atoms with E-state index in [1.54, 1.807) is 19.2 Å². The number of para-hydroxylation sites is 2. The van der Waals surface area contributed by atoms with Crippen molar-refractivity contribution in [1.82, 2.24) is 5.32 Å². The summed E-state index contributed by atoms with van der Waals surface area (Å²) in [5, 5.41) is 5.87. The highest BCUT2D eigenvalue weighted by molar-refractivity contribution is 5.99. The summed E-state index contributed by atoms with van der Waals surface area (Å²) in [7, 11) is 1.55. The number of ether oxygens (including phenoxy) is 1. The topological polar surface area (TPSA) is 67.4 Å². The molecule has 160 valence electrons. The number of nitrogens with one attached hydrogen (secondary N) is 2. The van der Waals surface area contributed by atoms with Crippen molar-refractivity contribution in [2.75, 3.05) is 12.4 Å². The number of rotatable bonds is 8. The highest BCUT2D eigenvalue weighted by Crippen LogP contribution is 2.26. The van der Waals surface area contributed by atoms with Gasteiger partial charge in [0.2, 0.25) is 11.8 Å². The zero-order valence-electron chi connectivity index (χ0n) is 18.0. The fourth-order valence-electron chi connectivity index (χ4n) is 3.52. The molecule has 31 heavy (non-hydrogen) atoms. The van der Waals surface area contributed by atoms with Gasteiger partial charge in [-0.15, -0.1) is 0 Å². The maximum Gasteiger partial charge on any atom is 0.247 e. The van der Waals surface area contributed by atoms with Gasteiger partial charge in [-0.2, -0.15) is 0 Å². The Morgan fingerprint density at radius 3 is 1.77 bits per heavy atom. The maximum atomic E-state index is 13.4. The Morgan fingerprint density at radius 1 is 0.742 bits per heavy atom. The lowest BCUT2D eigenvalue weighted by Gasteiger charge is -2.25. The molecule has 2 N–H and O–H groups in total. The average Bonchev–Trinajstić information content (AvgIpc) is 2.79. The molecule has 1 atom stereocenters. The van der Waals surface area contributed by atoms with Gasteiger partial charge in [0.25, 0.3) is 0 Å². The second-order valence-corrected chi connectivity index (χ2v) is 7.67. The van der Waals surface area contributed by atoms with Crippen LogP contribution in [0.4, 0.5) is 5.69 Å². The second kappa shape index (κ2) is 10.4. The van der Waals surface area contributed by atoms with Crippen LogP contribution >= 0.6 is 0 Å². The predicted molar refractivity (Wildman–Crippen MR) is 123 cm³/mol. The Morgan fingerprint density at radius 2 is 1.26 bits per heavy atom. The molecule has 0 heterocycles. The Kier molecular flexibility index (Phi) is 7.44. The quantitative estimate of drug-likeness (QED) is 0.564. The molecule has 0 spiro atoms. The van der Waals surface area contributed by atoms with E-state index in [1.165, 1.54) is 0 Å². The van der Waals surface area contributed by atoms with Gasteiger partial charge in [0.05, 0.1) is 18.7 Å². The van der Waals surface area contributed by atoms with E-state index >= 15 is 0 Å². The van der Waals surface area contributed by atoms with Crippen LogP contribution in [-0.4, -0.2) is 25.0 Å². The molecular formula is C26H28N2O3. The minimum atomic E-state index is -0.702. The molecule has 0 unspecified atom stereocenters. The SMILES string of the molecule is COc1ccccc1NC(=O)[C@@H](NC(=O)C(c1ccccc1)c1ccccc1)C(C)C. The van der Waals surface area contributed by atoms with Crippen molar-refractivity contribution in [2.24, 2.45) is 5.92 Å². The van der Waals surface area contributed by atoms with Crippen molar-refractivity contribution >= 4 is 17.5 Å². The van der Waals surface area contributed by atoms with Gasteiger partial charge in [0, 0.05) is 0 Å². The lowest BCUT2D eigenvalue weighted by atomic mass is 9.89. The molecular weight excluding hydrogens is 388 g/mol. The molecule has 3 rings (SSSR count). The van der Waals surface area contributed by atoms with Gasteiger partial charge in [0.1, 0.15) is 11.8 Å². The van der Waals surface area contributed by atoms with E-state index < -0.39 is 12.0 Å². The Labute approximate surface area is 183 Å². The third-order valence-corrected chi connectivity index (χ3v) is 5.14. The van der Waals surface area contributed by atoms with Crippen LogP contribution < -0.4 is 15.4 Å². The first kappa shape index (κ1) is 22.1. The molecule has 0 aliphatic carbocycles. The number of amides is 2. The van der Waals surface area contributed by atoms with Crippen molar-refractivity contribution in [3.05, 3.63) is 96.1 Å².